The SMILES string of the molecule is O=C1NCC(C(=O)NCc2cc3ccccc3[nH]c2=O)c2ccccc21. The number of carbonyl (C=O) groups is 2. The Morgan fingerprint density at radius 3 is 2.73 bits per heavy atom. The van der Waals surface area contributed by atoms with E-state index >= 15 is 0 Å². The Labute approximate surface area is 149 Å². The molecule has 1 aliphatic rings. The first-order valence-corrected chi connectivity index (χ1v) is 8.39. The number of H-pyrrole nitrogens is 1. The molecule has 0 spiro atoms. The minimum atomic E-state index is -0.469. The molecule has 0 fully saturated rings. The predicted molar refractivity (Wildman–Crippen MR) is 97.9 cm³/mol. The average Bonchev–Trinajstić information content (AvgIpc) is 2.66. The van der Waals surface area contributed by atoms with Crippen LogP contribution in [0.1, 0.15) is 27.4 Å². The lowest BCUT2D eigenvalue weighted by Crippen LogP contribution is -2.42. The molecule has 1 aliphatic heterocycles. The van der Waals surface area contributed by atoms with E-state index < -0.39 is 5.92 Å². The molecule has 3 N–H and O–H groups in total. The number of pyridine rings is 1. The summed E-state index contributed by atoms with van der Waals surface area (Å²) in [5.74, 6) is -0.857. The predicted octanol–water partition coefficient (Wildman–Crippen LogP) is 1.67. The van der Waals surface area contributed by atoms with Crippen molar-refractivity contribution in [1.29, 1.82) is 0 Å². The molecule has 0 aliphatic carbocycles. The molecule has 2 aromatic carbocycles. The fraction of sp³-hybridized carbons (Fsp3) is 0.150. The van der Waals surface area contributed by atoms with E-state index in [9.17, 15) is 14.4 Å². The monoisotopic (exact) mass is 347 g/mol. The van der Waals surface area contributed by atoms with Gasteiger partial charge in [-0.05, 0) is 29.1 Å². The minimum absolute atomic E-state index is 0.131. The summed E-state index contributed by atoms with van der Waals surface area (Å²) < 4.78 is 0. The molecule has 3 aromatic rings. The van der Waals surface area contributed by atoms with E-state index in [0.717, 1.165) is 10.9 Å². The molecule has 1 aromatic heterocycles. The van der Waals surface area contributed by atoms with Gasteiger partial charge in [0.05, 0.1) is 5.92 Å². The van der Waals surface area contributed by atoms with Crippen molar-refractivity contribution in [3.05, 3.63) is 81.6 Å². The van der Waals surface area contributed by atoms with E-state index in [1.807, 2.05) is 30.3 Å². The number of hydrogen-bond acceptors (Lipinski definition) is 3. The normalized spacial score (nSPS) is 16.0. The molecule has 0 bridgehead atoms. The maximum absolute atomic E-state index is 12.6. The number of fused-ring (bicyclic) bond motifs is 2. The first-order valence-electron chi connectivity index (χ1n) is 8.39. The van der Waals surface area contributed by atoms with Gasteiger partial charge in [0.1, 0.15) is 0 Å². The summed E-state index contributed by atoms with van der Waals surface area (Å²) >= 11 is 0. The number of amides is 2. The molecule has 130 valence electrons. The number of para-hydroxylation sites is 1. The molecule has 6 heteroatoms. The standard InChI is InChI=1S/C20H17N3O3/c24-18-13(9-12-5-1-4-8-17(12)23-18)10-21-20(26)16-11-22-19(25)15-7-3-2-6-14(15)16/h1-9,16H,10-11H2,(H,21,26)(H,22,25)(H,23,24). The Hall–Kier alpha value is -3.41. The Morgan fingerprint density at radius 1 is 1.08 bits per heavy atom. The quantitative estimate of drug-likeness (QED) is 0.673. The number of aromatic nitrogens is 1. The van der Waals surface area contributed by atoms with Crippen LogP contribution in [0.5, 0.6) is 0 Å². The van der Waals surface area contributed by atoms with Gasteiger partial charge in [-0.2, -0.15) is 0 Å². The largest absolute Gasteiger partial charge is 0.351 e. The first-order chi connectivity index (χ1) is 12.6. The van der Waals surface area contributed by atoms with Crippen molar-refractivity contribution in [2.45, 2.75) is 12.5 Å². The number of nitrogens with one attached hydrogen (secondary N) is 3. The van der Waals surface area contributed by atoms with Gasteiger partial charge in [-0.3, -0.25) is 14.4 Å². The summed E-state index contributed by atoms with van der Waals surface area (Å²) in [5, 5.41) is 6.46. The van der Waals surface area contributed by atoms with E-state index in [1.54, 1.807) is 24.3 Å². The van der Waals surface area contributed by atoms with Crippen molar-refractivity contribution in [2.24, 2.45) is 0 Å². The van der Waals surface area contributed by atoms with Crippen LogP contribution in [0, 0.1) is 0 Å². The molecular weight excluding hydrogens is 330 g/mol. The third-order valence-electron chi connectivity index (χ3n) is 4.65. The van der Waals surface area contributed by atoms with Crippen molar-refractivity contribution in [3.63, 3.8) is 0 Å². The van der Waals surface area contributed by atoms with E-state index in [0.29, 0.717) is 16.7 Å². The highest BCUT2D eigenvalue weighted by molar-refractivity contribution is 6.00. The number of hydrogen-bond donors (Lipinski definition) is 3. The van der Waals surface area contributed by atoms with Crippen LogP contribution in [-0.4, -0.2) is 23.3 Å². The van der Waals surface area contributed by atoms with Gasteiger partial charge in [0.2, 0.25) is 5.91 Å². The zero-order valence-electron chi connectivity index (χ0n) is 13.9. The van der Waals surface area contributed by atoms with Gasteiger partial charge < -0.3 is 15.6 Å². The van der Waals surface area contributed by atoms with Crippen LogP contribution in [0.4, 0.5) is 0 Å². The molecule has 1 unspecified atom stereocenters. The van der Waals surface area contributed by atoms with Crippen molar-refractivity contribution >= 4 is 22.7 Å². The molecule has 4 rings (SSSR count). The Kier molecular flexibility index (Phi) is 4.01. The van der Waals surface area contributed by atoms with Crippen molar-refractivity contribution in [2.75, 3.05) is 6.54 Å². The van der Waals surface area contributed by atoms with Gasteiger partial charge in [-0.25, -0.2) is 0 Å². The van der Waals surface area contributed by atoms with Gasteiger partial charge in [-0.15, -0.1) is 0 Å². The third kappa shape index (κ3) is 2.86. The van der Waals surface area contributed by atoms with Gasteiger partial charge in [0.25, 0.3) is 11.5 Å². The van der Waals surface area contributed by atoms with E-state index in [4.69, 9.17) is 0 Å². The average molecular weight is 347 g/mol. The highest BCUT2D eigenvalue weighted by Gasteiger charge is 2.29. The Balaban J connectivity index is 1.55. The second kappa shape index (κ2) is 6.48. The molecule has 6 nitrogen and oxygen atoms in total. The van der Waals surface area contributed by atoms with Crippen LogP contribution in [0.15, 0.2) is 59.4 Å². The summed E-state index contributed by atoms with van der Waals surface area (Å²) in [4.78, 5) is 39.6. The molecule has 0 saturated carbocycles. The summed E-state index contributed by atoms with van der Waals surface area (Å²) in [6, 6.07) is 16.4. The van der Waals surface area contributed by atoms with E-state index in [1.165, 1.54) is 0 Å². The third-order valence-corrected chi connectivity index (χ3v) is 4.65. The van der Waals surface area contributed by atoms with E-state index in [-0.39, 0.29) is 30.5 Å². The molecule has 1 atom stereocenters. The molecular formula is C20H17N3O3. The van der Waals surface area contributed by atoms with Crippen LogP contribution >= 0.6 is 0 Å². The van der Waals surface area contributed by atoms with Gasteiger partial charge in [-0.1, -0.05) is 36.4 Å². The van der Waals surface area contributed by atoms with Crippen LogP contribution in [-0.2, 0) is 11.3 Å². The van der Waals surface area contributed by atoms with Crippen LogP contribution in [0.25, 0.3) is 10.9 Å². The van der Waals surface area contributed by atoms with Gasteiger partial charge >= 0.3 is 0 Å². The van der Waals surface area contributed by atoms with Crippen LogP contribution in [0.3, 0.4) is 0 Å². The lowest BCUT2D eigenvalue weighted by atomic mass is 9.90. The number of carbonyl (C=O) groups excluding carboxylic acids is 2. The Morgan fingerprint density at radius 2 is 1.85 bits per heavy atom. The van der Waals surface area contributed by atoms with E-state index in [2.05, 4.69) is 15.6 Å². The zero-order chi connectivity index (χ0) is 18.1. The zero-order valence-corrected chi connectivity index (χ0v) is 13.9. The number of rotatable bonds is 3. The van der Waals surface area contributed by atoms with Crippen molar-refractivity contribution in [3.8, 4) is 0 Å². The van der Waals surface area contributed by atoms with Crippen LogP contribution < -0.4 is 16.2 Å². The van der Waals surface area contributed by atoms with Crippen molar-refractivity contribution in [1.82, 2.24) is 15.6 Å². The highest BCUT2D eigenvalue weighted by Crippen LogP contribution is 2.24. The Bertz CT molecular complexity index is 1070. The number of aromatic amines is 1. The second-order valence-electron chi connectivity index (χ2n) is 6.28. The molecule has 2 amide bonds. The first kappa shape index (κ1) is 16.1. The molecule has 0 saturated heterocycles. The molecule has 2 heterocycles. The summed E-state index contributed by atoms with van der Waals surface area (Å²) in [7, 11) is 0. The number of benzene rings is 2. The van der Waals surface area contributed by atoms with Crippen LogP contribution in [0.2, 0.25) is 0 Å². The van der Waals surface area contributed by atoms with Gasteiger partial charge in [0, 0.05) is 29.7 Å². The summed E-state index contributed by atoms with van der Waals surface area (Å²) in [5.41, 5.74) is 2.26. The summed E-state index contributed by atoms with van der Waals surface area (Å²) in [6.45, 7) is 0.376. The lowest BCUT2D eigenvalue weighted by Gasteiger charge is -2.24. The smallest absolute Gasteiger partial charge is 0.253 e. The second-order valence-corrected chi connectivity index (χ2v) is 6.28. The maximum Gasteiger partial charge on any atom is 0.253 e. The van der Waals surface area contributed by atoms with Crippen molar-refractivity contribution < 1.29 is 9.59 Å². The van der Waals surface area contributed by atoms with Gasteiger partial charge in [0.15, 0.2) is 0 Å². The fourth-order valence-electron chi connectivity index (χ4n) is 3.27. The fourth-order valence-corrected chi connectivity index (χ4v) is 3.27. The lowest BCUT2D eigenvalue weighted by molar-refractivity contribution is -0.122. The maximum atomic E-state index is 12.6. The topological polar surface area (TPSA) is 91.1 Å². The molecule has 0 radical (unpaired) electrons. The molecule has 26 heavy (non-hydrogen) atoms. The summed E-state index contributed by atoms with van der Waals surface area (Å²) in [6.07, 6.45) is 0. The minimum Gasteiger partial charge on any atom is -0.351 e. The highest BCUT2D eigenvalue weighted by atomic mass is 16.2.